The second-order valence-corrected chi connectivity index (χ2v) is 11.3. The number of fused-ring (bicyclic) bond motifs is 3. The summed E-state index contributed by atoms with van der Waals surface area (Å²) in [7, 11) is 0. The van der Waals surface area contributed by atoms with Crippen molar-refractivity contribution in [3.63, 3.8) is 0 Å². The summed E-state index contributed by atoms with van der Waals surface area (Å²) in [4.78, 5) is 16.8. The van der Waals surface area contributed by atoms with Gasteiger partial charge in [-0.25, -0.2) is 9.97 Å². The van der Waals surface area contributed by atoms with E-state index in [1.54, 1.807) is 0 Å². The molecule has 178 valence electrons. The molecule has 2 aliphatic heterocycles. The zero-order chi connectivity index (χ0) is 22.6. The molecule has 4 heterocycles. The summed E-state index contributed by atoms with van der Waals surface area (Å²) in [6.07, 6.45) is 16.7. The maximum atomic E-state index is 4.79. The van der Waals surface area contributed by atoms with E-state index in [1.165, 1.54) is 81.0 Å². The Hall–Kier alpha value is -2.44. The number of nitrogens with zero attached hydrogens (tertiary/aromatic N) is 2. The molecule has 6 heteroatoms. The van der Waals surface area contributed by atoms with Crippen molar-refractivity contribution < 1.29 is 0 Å². The lowest BCUT2D eigenvalue weighted by Crippen LogP contribution is -2.46. The fourth-order valence-corrected chi connectivity index (χ4v) is 7.31. The van der Waals surface area contributed by atoms with Crippen molar-refractivity contribution in [1.29, 1.82) is 0 Å². The molecule has 2 atom stereocenters. The molecule has 0 amide bonds. The van der Waals surface area contributed by atoms with Crippen molar-refractivity contribution in [2.75, 3.05) is 13.1 Å². The van der Waals surface area contributed by atoms with Crippen LogP contribution in [-0.4, -0.2) is 33.0 Å². The van der Waals surface area contributed by atoms with Gasteiger partial charge in [-0.2, -0.15) is 0 Å². The lowest BCUT2D eigenvalue weighted by molar-refractivity contribution is 0.0989. The van der Waals surface area contributed by atoms with Crippen LogP contribution in [0, 0.1) is 0 Å². The van der Waals surface area contributed by atoms with Crippen LogP contribution in [0.1, 0.15) is 99.2 Å². The van der Waals surface area contributed by atoms with Crippen molar-refractivity contribution in [2.45, 2.75) is 87.1 Å². The van der Waals surface area contributed by atoms with E-state index in [-0.39, 0.29) is 0 Å². The van der Waals surface area contributed by atoms with E-state index in [1.807, 2.05) is 6.20 Å². The molecular formula is C28H36N6. The molecule has 2 saturated heterocycles. The molecule has 8 rings (SSSR count). The summed E-state index contributed by atoms with van der Waals surface area (Å²) in [6, 6.07) is 10.2. The van der Waals surface area contributed by atoms with Crippen LogP contribution < -0.4 is 10.6 Å². The molecule has 2 aromatic heterocycles. The number of nitrogens with one attached hydrogen (secondary N) is 4. The standard InChI is InChI=1S/C28H36N6/c1-3-21(29-15-1)25-31-17-23(33-25)19-5-7-20(8-6-19)27-9-12-28(13-10-27,14-11-27)24-18-32-26(34-24)22-4-2-16-30-22/h5-8,17-18,21-22,29-30H,1-4,9-16H2,(H,31,33)(H,32,34)/t21-,22-,27?,28?/m0/s1. The number of benzene rings is 1. The van der Waals surface area contributed by atoms with Gasteiger partial charge in [-0.1, -0.05) is 24.3 Å². The number of hydrogen-bond donors (Lipinski definition) is 4. The van der Waals surface area contributed by atoms with E-state index in [9.17, 15) is 0 Å². The molecule has 6 nitrogen and oxygen atoms in total. The highest BCUT2D eigenvalue weighted by Gasteiger charge is 2.50. The first kappa shape index (κ1) is 20.9. The van der Waals surface area contributed by atoms with E-state index in [0.29, 0.717) is 22.9 Å². The van der Waals surface area contributed by atoms with Crippen LogP contribution in [-0.2, 0) is 10.8 Å². The van der Waals surface area contributed by atoms with Crippen molar-refractivity contribution in [3.8, 4) is 11.3 Å². The summed E-state index contributed by atoms with van der Waals surface area (Å²) in [6.45, 7) is 2.21. The van der Waals surface area contributed by atoms with Crippen LogP contribution in [0.25, 0.3) is 11.3 Å². The number of aromatic nitrogens is 4. The number of H-pyrrole nitrogens is 2. The molecule has 5 aliphatic rings. The lowest BCUT2D eigenvalue weighted by atomic mass is 9.51. The largest absolute Gasteiger partial charge is 0.344 e. The third-order valence-corrected chi connectivity index (χ3v) is 9.60. The van der Waals surface area contributed by atoms with E-state index in [4.69, 9.17) is 4.98 Å². The highest BCUT2D eigenvalue weighted by Crippen LogP contribution is 2.58. The number of hydrogen-bond acceptors (Lipinski definition) is 4. The Balaban J connectivity index is 1.06. The van der Waals surface area contributed by atoms with Crippen LogP contribution in [0.2, 0.25) is 0 Å². The normalized spacial score (nSPS) is 33.1. The molecule has 1 aromatic carbocycles. The van der Waals surface area contributed by atoms with E-state index in [0.717, 1.165) is 30.4 Å². The highest BCUT2D eigenvalue weighted by molar-refractivity contribution is 5.59. The van der Waals surface area contributed by atoms with E-state index < -0.39 is 0 Å². The van der Waals surface area contributed by atoms with Crippen molar-refractivity contribution >= 4 is 0 Å². The lowest BCUT2D eigenvalue weighted by Gasteiger charge is -2.53. The Morgan fingerprint density at radius 3 is 1.88 bits per heavy atom. The maximum Gasteiger partial charge on any atom is 0.123 e. The van der Waals surface area contributed by atoms with Gasteiger partial charge in [-0.3, -0.25) is 0 Å². The van der Waals surface area contributed by atoms with E-state index in [2.05, 4.69) is 56.0 Å². The maximum absolute atomic E-state index is 4.79. The molecule has 3 aromatic rings. The number of rotatable bonds is 5. The molecule has 3 aliphatic carbocycles. The van der Waals surface area contributed by atoms with Gasteiger partial charge in [0.15, 0.2) is 0 Å². The first-order chi connectivity index (χ1) is 16.7. The smallest absolute Gasteiger partial charge is 0.123 e. The topological polar surface area (TPSA) is 81.4 Å². The summed E-state index contributed by atoms with van der Waals surface area (Å²) >= 11 is 0. The van der Waals surface area contributed by atoms with Crippen LogP contribution in [0.4, 0.5) is 0 Å². The summed E-state index contributed by atoms with van der Waals surface area (Å²) in [5.74, 6) is 2.24. The monoisotopic (exact) mass is 456 g/mol. The molecule has 5 fully saturated rings. The molecule has 0 unspecified atom stereocenters. The summed E-state index contributed by atoms with van der Waals surface area (Å²) in [5, 5.41) is 7.12. The fourth-order valence-electron chi connectivity index (χ4n) is 7.31. The second-order valence-electron chi connectivity index (χ2n) is 11.3. The predicted molar refractivity (Wildman–Crippen MR) is 134 cm³/mol. The SMILES string of the molecule is c1cc(C23CCC(c4cnc([C@@H]5CCCN5)[nH]4)(CC2)CC3)ccc1-c1cnc([C@@H]2CCCN2)[nH]1. The fraction of sp³-hybridized carbons (Fsp3) is 0.571. The van der Waals surface area contributed by atoms with Gasteiger partial charge in [0, 0.05) is 17.3 Å². The number of imidazole rings is 2. The average Bonchev–Trinajstić information content (AvgIpc) is 3.72. The number of aromatic amines is 2. The van der Waals surface area contributed by atoms with Crippen molar-refractivity contribution in [1.82, 2.24) is 30.6 Å². The van der Waals surface area contributed by atoms with Gasteiger partial charge in [0.05, 0.1) is 24.0 Å². The minimum absolute atomic E-state index is 0.312. The van der Waals surface area contributed by atoms with Gasteiger partial charge < -0.3 is 20.6 Å². The van der Waals surface area contributed by atoms with Gasteiger partial charge in [0.2, 0.25) is 0 Å². The van der Waals surface area contributed by atoms with Crippen molar-refractivity contribution in [3.05, 3.63) is 59.6 Å². The first-order valence-corrected chi connectivity index (χ1v) is 13.4. The van der Waals surface area contributed by atoms with Gasteiger partial charge in [0.1, 0.15) is 11.6 Å². The first-order valence-electron chi connectivity index (χ1n) is 13.4. The zero-order valence-electron chi connectivity index (χ0n) is 20.0. The predicted octanol–water partition coefficient (Wildman–Crippen LogP) is 5.19. The summed E-state index contributed by atoms with van der Waals surface area (Å²) in [5.41, 5.74) is 5.96. The molecule has 3 saturated carbocycles. The van der Waals surface area contributed by atoms with Crippen LogP contribution in [0.15, 0.2) is 36.7 Å². The van der Waals surface area contributed by atoms with E-state index >= 15 is 0 Å². The Morgan fingerprint density at radius 1 is 0.676 bits per heavy atom. The molecule has 0 radical (unpaired) electrons. The third kappa shape index (κ3) is 3.37. The van der Waals surface area contributed by atoms with Crippen LogP contribution >= 0.6 is 0 Å². The molecule has 0 spiro atoms. The Labute approximate surface area is 201 Å². The Bertz CT molecular complexity index is 1120. The van der Waals surface area contributed by atoms with Gasteiger partial charge in [-0.05, 0) is 93.8 Å². The van der Waals surface area contributed by atoms with Crippen molar-refractivity contribution in [2.24, 2.45) is 0 Å². The second kappa shape index (κ2) is 8.06. The Morgan fingerprint density at radius 2 is 1.26 bits per heavy atom. The molecular weight excluding hydrogens is 420 g/mol. The Kier molecular flexibility index (Phi) is 4.95. The third-order valence-electron chi connectivity index (χ3n) is 9.60. The zero-order valence-corrected chi connectivity index (χ0v) is 20.0. The minimum atomic E-state index is 0.312. The minimum Gasteiger partial charge on any atom is -0.344 e. The highest BCUT2D eigenvalue weighted by atomic mass is 15.0. The molecule has 34 heavy (non-hydrogen) atoms. The molecule has 2 bridgehead atoms. The van der Waals surface area contributed by atoms with Gasteiger partial charge in [0.25, 0.3) is 0 Å². The van der Waals surface area contributed by atoms with Crippen LogP contribution in [0.5, 0.6) is 0 Å². The van der Waals surface area contributed by atoms with Gasteiger partial charge >= 0.3 is 0 Å². The van der Waals surface area contributed by atoms with Gasteiger partial charge in [-0.15, -0.1) is 0 Å². The van der Waals surface area contributed by atoms with Crippen LogP contribution in [0.3, 0.4) is 0 Å². The summed E-state index contributed by atoms with van der Waals surface area (Å²) < 4.78 is 0. The molecule has 4 N–H and O–H groups in total. The average molecular weight is 457 g/mol. The quantitative estimate of drug-likeness (QED) is 0.426.